The van der Waals surface area contributed by atoms with Crippen LogP contribution in [0.25, 0.3) is 0 Å². The predicted molar refractivity (Wildman–Crippen MR) is 75.2 cm³/mol. The zero-order valence-electron chi connectivity index (χ0n) is 10.6. The van der Waals surface area contributed by atoms with Gasteiger partial charge < -0.3 is 10.2 Å². The number of hydrogen-bond donors (Lipinski definition) is 1. The fraction of sp³-hybridized carbons (Fsp3) is 0.500. The van der Waals surface area contributed by atoms with Gasteiger partial charge in [-0.25, -0.2) is 0 Å². The molecule has 1 aromatic carbocycles. The lowest BCUT2D eigenvalue weighted by Gasteiger charge is -2.19. The third-order valence-corrected chi connectivity index (χ3v) is 3.00. The van der Waals surface area contributed by atoms with Crippen molar-refractivity contribution >= 4 is 20.7 Å². The molecule has 0 radical (unpaired) electrons. The van der Waals surface area contributed by atoms with Gasteiger partial charge in [-0.3, -0.25) is 4.39 Å². The molecule has 2 nitrogen and oxygen atoms in total. The second kappa shape index (κ2) is 6.99. The average molecular weight is 278 g/mol. The summed E-state index contributed by atoms with van der Waals surface area (Å²) >= 11 is 0. The van der Waals surface area contributed by atoms with Gasteiger partial charge in [0.15, 0.2) is 0 Å². The number of halogens is 2. The van der Waals surface area contributed by atoms with E-state index in [-0.39, 0.29) is 25.1 Å². The van der Waals surface area contributed by atoms with Crippen molar-refractivity contribution in [1.82, 2.24) is 0 Å². The van der Waals surface area contributed by atoms with Crippen LogP contribution in [0.15, 0.2) is 24.3 Å². The van der Waals surface area contributed by atoms with Crippen LogP contribution in [0.5, 0.6) is 5.75 Å². The van der Waals surface area contributed by atoms with Crippen molar-refractivity contribution in [3.8, 4) is 5.75 Å². The zero-order chi connectivity index (χ0) is 12.2. The van der Waals surface area contributed by atoms with Crippen LogP contribution >= 0.6 is 12.4 Å². The Labute approximate surface area is 110 Å². The minimum atomic E-state index is -1.55. The highest BCUT2D eigenvalue weighted by molar-refractivity contribution is 6.70. The average Bonchev–Trinajstić information content (AvgIpc) is 2.16. The molecule has 1 atom stereocenters. The minimum absolute atomic E-state index is 0. The highest BCUT2D eigenvalue weighted by Gasteiger charge is 2.16. The van der Waals surface area contributed by atoms with Gasteiger partial charge in [0.1, 0.15) is 5.75 Å². The van der Waals surface area contributed by atoms with Gasteiger partial charge in [-0.1, -0.05) is 12.1 Å². The molecular weight excluding hydrogens is 257 g/mol. The van der Waals surface area contributed by atoms with E-state index in [2.05, 4.69) is 19.6 Å². The fourth-order valence-electron chi connectivity index (χ4n) is 1.42. The van der Waals surface area contributed by atoms with Crippen LogP contribution in [0.4, 0.5) is 4.39 Å². The van der Waals surface area contributed by atoms with Crippen molar-refractivity contribution in [3.63, 3.8) is 0 Å². The van der Waals surface area contributed by atoms with Crippen LogP contribution in [-0.2, 0) is 0 Å². The van der Waals surface area contributed by atoms with Crippen molar-refractivity contribution in [2.45, 2.75) is 32.1 Å². The molecule has 0 saturated heterocycles. The molecule has 0 spiro atoms. The quantitative estimate of drug-likeness (QED) is 0.834. The van der Waals surface area contributed by atoms with Gasteiger partial charge in [-0.15, -0.1) is 12.4 Å². The zero-order valence-corrected chi connectivity index (χ0v) is 12.4. The molecule has 0 aromatic heterocycles. The molecule has 2 N–H and O–H groups in total. The van der Waals surface area contributed by atoms with Gasteiger partial charge in [-0.2, -0.15) is 0 Å². The Bertz CT molecular complexity index is 326. The molecule has 0 amide bonds. The second-order valence-electron chi connectivity index (χ2n) is 4.87. The molecule has 1 aromatic rings. The van der Waals surface area contributed by atoms with Crippen LogP contribution in [0, 0.1) is 0 Å². The van der Waals surface area contributed by atoms with E-state index >= 15 is 0 Å². The Morgan fingerprint density at radius 2 is 1.76 bits per heavy atom. The smallest absolute Gasteiger partial charge is 0.242 e. The number of rotatable bonds is 5. The van der Waals surface area contributed by atoms with E-state index in [1.807, 2.05) is 24.3 Å². The van der Waals surface area contributed by atoms with E-state index < -0.39 is 8.32 Å². The van der Waals surface area contributed by atoms with Crippen LogP contribution < -0.4 is 10.2 Å². The summed E-state index contributed by atoms with van der Waals surface area (Å²) in [6.07, 6.45) is 0.369. The molecule has 1 rings (SSSR count). The molecule has 0 unspecified atom stereocenters. The molecule has 0 fully saturated rings. The van der Waals surface area contributed by atoms with Crippen molar-refractivity contribution in [2.24, 2.45) is 5.73 Å². The monoisotopic (exact) mass is 277 g/mol. The Balaban J connectivity index is 0.00000256. The third-order valence-electron chi connectivity index (χ3n) is 2.15. The fourth-order valence-corrected chi connectivity index (χ4v) is 2.26. The maximum atomic E-state index is 12.1. The summed E-state index contributed by atoms with van der Waals surface area (Å²) in [5, 5.41) is 0. The first-order chi connectivity index (χ1) is 7.42. The number of hydrogen-bond acceptors (Lipinski definition) is 2. The lowest BCUT2D eigenvalue weighted by atomic mass is 10.1. The molecular formula is C12H21ClFNOSi. The lowest BCUT2D eigenvalue weighted by molar-refractivity contribution is 0.441. The summed E-state index contributed by atoms with van der Waals surface area (Å²) in [6.45, 7) is 6.02. The third kappa shape index (κ3) is 6.05. The van der Waals surface area contributed by atoms with Gasteiger partial charge in [0.2, 0.25) is 8.32 Å². The Kier molecular flexibility index (Phi) is 6.75. The first-order valence-electron chi connectivity index (χ1n) is 5.53. The highest BCUT2D eigenvalue weighted by Crippen LogP contribution is 2.20. The molecule has 0 heterocycles. The summed E-state index contributed by atoms with van der Waals surface area (Å²) in [7, 11) is -1.55. The van der Waals surface area contributed by atoms with Gasteiger partial charge in [0.05, 0.1) is 6.67 Å². The van der Waals surface area contributed by atoms with E-state index in [4.69, 9.17) is 10.2 Å². The molecule has 17 heavy (non-hydrogen) atoms. The normalized spacial score (nSPS) is 12.8. The maximum absolute atomic E-state index is 12.1. The van der Waals surface area contributed by atoms with Crippen molar-refractivity contribution in [3.05, 3.63) is 29.8 Å². The Morgan fingerprint density at radius 1 is 1.24 bits per heavy atom. The summed E-state index contributed by atoms with van der Waals surface area (Å²) in [5.41, 5.74) is 6.77. The van der Waals surface area contributed by atoms with E-state index in [0.29, 0.717) is 6.42 Å². The number of benzene rings is 1. The molecule has 0 saturated carbocycles. The Hall–Kier alpha value is -0.583. The topological polar surface area (TPSA) is 35.2 Å². The number of nitrogens with two attached hydrogens (primary N) is 1. The van der Waals surface area contributed by atoms with Gasteiger partial charge in [0, 0.05) is 6.04 Å². The molecule has 0 aliphatic heterocycles. The first-order valence-corrected chi connectivity index (χ1v) is 8.94. The SMILES string of the molecule is C[Si](C)(C)Oc1ccc([C@@H](N)CCF)cc1.Cl. The van der Waals surface area contributed by atoms with Crippen molar-refractivity contribution < 1.29 is 8.82 Å². The van der Waals surface area contributed by atoms with Crippen molar-refractivity contribution in [2.75, 3.05) is 6.67 Å². The van der Waals surface area contributed by atoms with Gasteiger partial charge >= 0.3 is 0 Å². The van der Waals surface area contributed by atoms with Crippen LogP contribution in [-0.4, -0.2) is 15.0 Å². The second-order valence-corrected chi connectivity index (χ2v) is 9.30. The lowest BCUT2D eigenvalue weighted by Crippen LogP contribution is -2.29. The molecule has 0 bridgehead atoms. The van der Waals surface area contributed by atoms with Crippen LogP contribution in [0.1, 0.15) is 18.0 Å². The van der Waals surface area contributed by atoms with E-state index in [9.17, 15) is 4.39 Å². The summed E-state index contributed by atoms with van der Waals surface area (Å²) < 4.78 is 18.0. The van der Waals surface area contributed by atoms with Crippen LogP contribution in [0.2, 0.25) is 19.6 Å². The van der Waals surface area contributed by atoms with Gasteiger partial charge in [-0.05, 0) is 43.8 Å². The summed E-state index contributed by atoms with van der Waals surface area (Å²) in [5.74, 6) is 0.871. The van der Waals surface area contributed by atoms with Crippen LogP contribution in [0.3, 0.4) is 0 Å². The Morgan fingerprint density at radius 3 is 2.18 bits per heavy atom. The van der Waals surface area contributed by atoms with E-state index in [0.717, 1.165) is 11.3 Å². The van der Waals surface area contributed by atoms with E-state index in [1.165, 1.54) is 0 Å². The highest BCUT2D eigenvalue weighted by atomic mass is 35.5. The standard InChI is InChI=1S/C12H20FNOSi.ClH/c1-16(2,3)15-11-6-4-10(5-7-11)12(14)8-9-13;/h4-7,12H,8-9,14H2,1-3H3;1H/t12-;/m0./s1. The first kappa shape index (κ1) is 16.4. The molecule has 0 aliphatic carbocycles. The van der Waals surface area contributed by atoms with Crippen molar-refractivity contribution in [1.29, 1.82) is 0 Å². The maximum Gasteiger partial charge on any atom is 0.242 e. The number of alkyl halides is 1. The molecule has 0 aliphatic rings. The predicted octanol–water partition coefficient (Wildman–Crippen LogP) is 3.68. The summed E-state index contributed by atoms with van der Waals surface area (Å²) in [6, 6.07) is 7.43. The minimum Gasteiger partial charge on any atom is -0.544 e. The van der Waals surface area contributed by atoms with E-state index in [1.54, 1.807) is 0 Å². The molecule has 5 heteroatoms. The summed E-state index contributed by atoms with van der Waals surface area (Å²) in [4.78, 5) is 0. The van der Waals surface area contributed by atoms with Gasteiger partial charge in [0.25, 0.3) is 0 Å². The largest absolute Gasteiger partial charge is 0.544 e. The molecule has 98 valence electrons.